The smallest absolute Gasteiger partial charge is 0.234 e. The molecule has 5 nitrogen and oxygen atoms in total. The van der Waals surface area contributed by atoms with Gasteiger partial charge >= 0.3 is 0 Å². The van der Waals surface area contributed by atoms with Crippen LogP contribution in [0.5, 0.6) is 0 Å². The molecule has 8 heteroatoms. The van der Waals surface area contributed by atoms with Gasteiger partial charge in [0.25, 0.3) is 0 Å². The molecule has 1 aromatic heterocycles. The normalized spacial score (nSPS) is 10.6. The number of carbonyl (C=O) groups excluding carboxylic acids is 1. The molecule has 0 aliphatic heterocycles. The summed E-state index contributed by atoms with van der Waals surface area (Å²) in [4.78, 5) is 16.0. The van der Waals surface area contributed by atoms with Gasteiger partial charge in [0.15, 0.2) is 0 Å². The molecule has 0 bridgehead atoms. The molecule has 20 heavy (non-hydrogen) atoms. The molecule has 1 amide bonds. The summed E-state index contributed by atoms with van der Waals surface area (Å²) in [7, 11) is 0. The second-order valence-corrected chi connectivity index (χ2v) is 5.67. The first-order valence-corrected chi connectivity index (χ1v) is 7.61. The number of halogens is 2. The molecule has 0 fully saturated rings. The van der Waals surface area contributed by atoms with Gasteiger partial charge in [0.05, 0.1) is 16.5 Å². The molecular formula is C12H12Cl2N4OS. The maximum absolute atomic E-state index is 11.8. The van der Waals surface area contributed by atoms with Gasteiger partial charge in [0.1, 0.15) is 5.82 Å². The third-order valence-corrected chi connectivity index (χ3v) is 3.79. The van der Waals surface area contributed by atoms with E-state index < -0.39 is 0 Å². The van der Waals surface area contributed by atoms with Gasteiger partial charge in [-0.05, 0) is 18.2 Å². The highest BCUT2D eigenvalue weighted by molar-refractivity contribution is 7.99. The number of hydrogen-bond acceptors (Lipinski definition) is 4. The SMILES string of the molecule is CCc1nc(SCC(=O)Nc2cc(Cl)ccc2Cl)n[nH]1. The Morgan fingerprint density at radius 2 is 2.25 bits per heavy atom. The Labute approximate surface area is 130 Å². The first-order chi connectivity index (χ1) is 9.58. The van der Waals surface area contributed by atoms with Gasteiger partial charge < -0.3 is 5.32 Å². The average Bonchev–Trinajstić information content (AvgIpc) is 2.89. The average molecular weight is 331 g/mol. The molecule has 0 atom stereocenters. The number of amides is 1. The summed E-state index contributed by atoms with van der Waals surface area (Å²) in [6.45, 7) is 1.98. The van der Waals surface area contributed by atoms with E-state index in [0.717, 1.165) is 12.2 Å². The summed E-state index contributed by atoms with van der Waals surface area (Å²) in [6, 6.07) is 4.90. The van der Waals surface area contributed by atoms with Crippen molar-refractivity contribution < 1.29 is 4.79 Å². The van der Waals surface area contributed by atoms with Crippen LogP contribution in [0.15, 0.2) is 23.4 Å². The molecule has 106 valence electrons. The molecule has 2 N–H and O–H groups in total. The van der Waals surface area contributed by atoms with E-state index in [1.165, 1.54) is 11.8 Å². The molecule has 1 heterocycles. The van der Waals surface area contributed by atoms with Crippen LogP contribution in [0.3, 0.4) is 0 Å². The third-order valence-electron chi connectivity index (χ3n) is 2.38. The lowest BCUT2D eigenvalue weighted by molar-refractivity contribution is -0.113. The first kappa shape index (κ1) is 15.2. The fraction of sp³-hybridized carbons (Fsp3) is 0.250. The summed E-state index contributed by atoms with van der Waals surface area (Å²) >= 11 is 13.1. The molecule has 0 aliphatic rings. The molecule has 2 rings (SSSR count). The van der Waals surface area contributed by atoms with Gasteiger partial charge in [-0.2, -0.15) is 0 Å². The summed E-state index contributed by atoms with van der Waals surface area (Å²) in [5.41, 5.74) is 0.494. The molecule has 0 saturated carbocycles. The van der Waals surface area contributed by atoms with Gasteiger partial charge in [-0.1, -0.05) is 41.9 Å². The number of benzene rings is 1. The van der Waals surface area contributed by atoms with Crippen molar-refractivity contribution >= 4 is 46.6 Å². The summed E-state index contributed by atoms with van der Waals surface area (Å²) in [5.74, 6) is 0.803. The molecular weight excluding hydrogens is 319 g/mol. The van der Waals surface area contributed by atoms with Crippen molar-refractivity contribution in [1.82, 2.24) is 15.2 Å². The number of thioether (sulfide) groups is 1. The number of aromatic amines is 1. The van der Waals surface area contributed by atoms with Crippen molar-refractivity contribution in [1.29, 1.82) is 0 Å². The minimum Gasteiger partial charge on any atom is -0.324 e. The number of nitrogens with zero attached hydrogens (tertiary/aromatic N) is 2. The monoisotopic (exact) mass is 330 g/mol. The molecule has 0 unspecified atom stereocenters. The van der Waals surface area contributed by atoms with Crippen molar-refractivity contribution in [3.63, 3.8) is 0 Å². The van der Waals surface area contributed by atoms with Crippen LogP contribution < -0.4 is 5.32 Å². The third kappa shape index (κ3) is 4.13. The molecule has 0 radical (unpaired) electrons. The van der Waals surface area contributed by atoms with Gasteiger partial charge in [-0.3, -0.25) is 9.89 Å². The fourth-order valence-corrected chi connectivity index (χ4v) is 2.36. The van der Waals surface area contributed by atoms with E-state index >= 15 is 0 Å². The number of anilines is 1. The largest absolute Gasteiger partial charge is 0.324 e. The maximum atomic E-state index is 11.8. The van der Waals surface area contributed by atoms with Crippen LogP contribution >= 0.6 is 35.0 Å². The fourth-order valence-electron chi connectivity index (χ4n) is 1.41. The summed E-state index contributed by atoms with van der Waals surface area (Å²) < 4.78 is 0. The van der Waals surface area contributed by atoms with E-state index in [1.54, 1.807) is 18.2 Å². The lowest BCUT2D eigenvalue weighted by atomic mass is 10.3. The van der Waals surface area contributed by atoms with E-state index in [-0.39, 0.29) is 11.7 Å². The van der Waals surface area contributed by atoms with E-state index in [1.807, 2.05) is 6.92 Å². The quantitative estimate of drug-likeness (QED) is 0.824. The van der Waals surface area contributed by atoms with E-state index in [0.29, 0.717) is 20.9 Å². The number of aromatic nitrogens is 3. The van der Waals surface area contributed by atoms with Crippen molar-refractivity contribution in [2.75, 3.05) is 11.1 Å². The van der Waals surface area contributed by atoms with Crippen LogP contribution in [0.25, 0.3) is 0 Å². The predicted molar refractivity (Wildman–Crippen MR) is 81.6 cm³/mol. The van der Waals surface area contributed by atoms with Gasteiger partial charge in [-0.15, -0.1) is 5.10 Å². The van der Waals surface area contributed by atoms with E-state index in [4.69, 9.17) is 23.2 Å². The molecule has 0 aliphatic carbocycles. The maximum Gasteiger partial charge on any atom is 0.234 e. The Morgan fingerprint density at radius 3 is 2.95 bits per heavy atom. The summed E-state index contributed by atoms with van der Waals surface area (Å²) in [6.07, 6.45) is 0.776. The van der Waals surface area contributed by atoms with Crippen molar-refractivity contribution in [3.8, 4) is 0 Å². The standard InChI is InChI=1S/C12H12Cl2N4OS/c1-2-10-16-12(18-17-10)20-6-11(19)15-9-5-7(13)3-4-8(9)14/h3-5H,2,6H2,1H3,(H,15,19)(H,16,17,18). The Hall–Kier alpha value is -1.24. The number of nitrogens with one attached hydrogen (secondary N) is 2. The Balaban J connectivity index is 1.90. The zero-order chi connectivity index (χ0) is 14.5. The second-order valence-electron chi connectivity index (χ2n) is 3.88. The second kappa shape index (κ2) is 6.97. The molecule has 0 spiro atoms. The Morgan fingerprint density at radius 1 is 1.45 bits per heavy atom. The zero-order valence-corrected chi connectivity index (χ0v) is 12.9. The highest BCUT2D eigenvalue weighted by atomic mass is 35.5. The number of carbonyl (C=O) groups is 1. The highest BCUT2D eigenvalue weighted by Gasteiger charge is 2.09. The highest BCUT2D eigenvalue weighted by Crippen LogP contribution is 2.25. The molecule has 1 aromatic carbocycles. The van der Waals surface area contributed by atoms with Crippen LogP contribution in [-0.4, -0.2) is 26.8 Å². The van der Waals surface area contributed by atoms with Crippen LogP contribution in [-0.2, 0) is 11.2 Å². The minimum atomic E-state index is -0.193. The van der Waals surface area contributed by atoms with E-state index in [2.05, 4.69) is 20.5 Å². The lowest BCUT2D eigenvalue weighted by Crippen LogP contribution is -2.14. The molecule has 2 aromatic rings. The van der Waals surface area contributed by atoms with Crippen LogP contribution in [0.4, 0.5) is 5.69 Å². The lowest BCUT2D eigenvalue weighted by Gasteiger charge is -2.06. The van der Waals surface area contributed by atoms with Gasteiger partial charge in [0.2, 0.25) is 11.1 Å². The van der Waals surface area contributed by atoms with Gasteiger partial charge in [0, 0.05) is 11.4 Å². The van der Waals surface area contributed by atoms with Crippen LogP contribution in [0.2, 0.25) is 10.0 Å². The van der Waals surface area contributed by atoms with Gasteiger partial charge in [-0.25, -0.2) is 4.98 Å². The number of H-pyrrole nitrogens is 1. The molecule has 0 saturated heterocycles. The first-order valence-electron chi connectivity index (χ1n) is 5.87. The number of aryl methyl sites for hydroxylation is 1. The minimum absolute atomic E-state index is 0.193. The predicted octanol–water partition coefficient (Wildman–Crippen LogP) is 3.40. The van der Waals surface area contributed by atoms with E-state index in [9.17, 15) is 4.79 Å². The van der Waals surface area contributed by atoms with Crippen LogP contribution in [0, 0.1) is 0 Å². The zero-order valence-electron chi connectivity index (χ0n) is 10.6. The summed E-state index contributed by atoms with van der Waals surface area (Å²) in [5, 5.41) is 11.0. The Kier molecular flexibility index (Phi) is 5.28. The Bertz CT molecular complexity index is 617. The topological polar surface area (TPSA) is 70.7 Å². The van der Waals surface area contributed by atoms with Crippen molar-refractivity contribution in [2.45, 2.75) is 18.5 Å². The van der Waals surface area contributed by atoms with Crippen molar-refractivity contribution in [3.05, 3.63) is 34.1 Å². The van der Waals surface area contributed by atoms with Crippen molar-refractivity contribution in [2.24, 2.45) is 0 Å². The number of hydrogen-bond donors (Lipinski definition) is 2. The van der Waals surface area contributed by atoms with Crippen LogP contribution in [0.1, 0.15) is 12.7 Å². The number of rotatable bonds is 5.